The molecule has 2 aliphatic rings. The summed E-state index contributed by atoms with van der Waals surface area (Å²) in [5.41, 5.74) is 2.12. The van der Waals surface area contributed by atoms with E-state index >= 15 is 0 Å². The van der Waals surface area contributed by atoms with Crippen molar-refractivity contribution < 1.29 is 14.3 Å². The summed E-state index contributed by atoms with van der Waals surface area (Å²) in [6.45, 7) is 4.98. The van der Waals surface area contributed by atoms with Crippen LogP contribution in [0.4, 0.5) is 4.79 Å². The van der Waals surface area contributed by atoms with Crippen molar-refractivity contribution in [1.82, 2.24) is 15.1 Å². The fourth-order valence-corrected chi connectivity index (χ4v) is 4.06. The third-order valence-electron chi connectivity index (χ3n) is 5.73. The second kappa shape index (κ2) is 7.66. The Labute approximate surface area is 155 Å². The lowest BCUT2D eigenvalue weighted by molar-refractivity contribution is -0.138. The van der Waals surface area contributed by atoms with Gasteiger partial charge in [-0.15, -0.1) is 0 Å². The lowest BCUT2D eigenvalue weighted by atomic mass is 9.71. The van der Waals surface area contributed by atoms with Gasteiger partial charge in [-0.1, -0.05) is 29.8 Å². The van der Waals surface area contributed by atoms with Crippen molar-refractivity contribution in [2.45, 2.75) is 26.3 Å². The van der Waals surface area contributed by atoms with Crippen molar-refractivity contribution in [3.05, 3.63) is 35.4 Å². The Hall–Kier alpha value is -2.08. The van der Waals surface area contributed by atoms with E-state index in [1.807, 2.05) is 36.1 Å². The van der Waals surface area contributed by atoms with Gasteiger partial charge in [0.05, 0.1) is 5.92 Å². The standard InChI is InChI=1S/C20H29N3O3/c1-15-4-6-16(7-5-15)12-21-19(25)23-13-17(18(24)22(2)3)20(14-23)8-10-26-11-9-20/h4-7,17H,8-14H2,1-3H3,(H,21,25). The molecule has 0 saturated carbocycles. The molecule has 2 fully saturated rings. The van der Waals surface area contributed by atoms with E-state index in [1.54, 1.807) is 19.0 Å². The molecule has 2 heterocycles. The van der Waals surface area contributed by atoms with E-state index in [0.29, 0.717) is 32.8 Å². The van der Waals surface area contributed by atoms with Gasteiger partial charge < -0.3 is 19.9 Å². The summed E-state index contributed by atoms with van der Waals surface area (Å²) in [4.78, 5) is 28.9. The zero-order chi connectivity index (χ0) is 18.7. The lowest BCUT2D eigenvalue weighted by Crippen LogP contribution is -2.44. The van der Waals surface area contributed by atoms with Crippen molar-refractivity contribution >= 4 is 11.9 Å². The monoisotopic (exact) mass is 359 g/mol. The van der Waals surface area contributed by atoms with Crippen molar-refractivity contribution in [2.24, 2.45) is 11.3 Å². The summed E-state index contributed by atoms with van der Waals surface area (Å²) in [7, 11) is 3.57. The van der Waals surface area contributed by atoms with Crippen LogP contribution < -0.4 is 5.32 Å². The van der Waals surface area contributed by atoms with E-state index < -0.39 is 0 Å². The minimum absolute atomic E-state index is 0.0921. The molecule has 1 unspecified atom stereocenters. The Morgan fingerprint density at radius 3 is 2.50 bits per heavy atom. The molecule has 6 heteroatoms. The summed E-state index contributed by atoms with van der Waals surface area (Å²) in [5, 5.41) is 3.00. The fraction of sp³-hybridized carbons (Fsp3) is 0.600. The zero-order valence-corrected chi connectivity index (χ0v) is 16.0. The number of urea groups is 1. The number of carbonyl (C=O) groups is 2. The SMILES string of the molecule is Cc1ccc(CNC(=O)N2CC(C(=O)N(C)C)C3(CCOCC3)C2)cc1. The normalized spacial score (nSPS) is 21.7. The lowest BCUT2D eigenvalue weighted by Gasteiger charge is -2.37. The van der Waals surface area contributed by atoms with Crippen molar-refractivity contribution in [3.63, 3.8) is 0 Å². The molecule has 2 aliphatic heterocycles. The van der Waals surface area contributed by atoms with E-state index in [1.165, 1.54) is 5.56 Å². The maximum atomic E-state index is 12.7. The van der Waals surface area contributed by atoms with Crippen LogP contribution in [0, 0.1) is 18.3 Å². The number of aryl methyl sites for hydroxylation is 1. The van der Waals surface area contributed by atoms with Gasteiger partial charge in [0.2, 0.25) is 5.91 Å². The summed E-state index contributed by atoms with van der Waals surface area (Å²) in [6, 6.07) is 8.04. The average molecular weight is 359 g/mol. The molecule has 1 spiro atoms. The molecule has 0 aromatic heterocycles. The van der Waals surface area contributed by atoms with Crippen LogP contribution in [-0.2, 0) is 16.1 Å². The molecule has 2 saturated heterocycles. The number of likely N-dealkylation sites (tertiary alicyclic amines) is 1. The summed E-state index contributed by atoms with van der Waals surface area (Å²) in [6.07, 6.45) is 1.66. The maximum Gasteiger partial charge on any atom is 0.317 e. The molecular weight excluding hydrogens is 330 g/mol. The van der Waals surface area contributed by atoms with Gasteiger partial charge in [-0.05, 0) is 25.3 Å². The van der Waals surface area contributed by atoms with E-state index in [-0.39, 0.29) is 23.3 Å². The van der Waals surface area contributed by atoms with Crippen LogP contribution in [-0.4, -0.2) is 62.1 Å². The molecule has 3 rings (SSSR count). The van der Waals surface area contributed by atoms with Gasteiger partial charge in [0.25, 0.3) is 0 Å². The first kappa shape index (κ1) is 18.7. The van der Waals surface area contributed by atoms with Gasteiger partial charge in [0.15, 0.2) is 0 Å². The van der Waals surface area contributed by atoms with Crippen LogP contribution in [0.25, 0.3) is 0 Å². The van der Waals surface area contributed by atoms with Crippen LogP contribution in [0.2, 0.25) is 0 Å². The van der Waals surface area contributed by atoms with E-state index in [4.69, 9.17) is 4.74 Å². The molecule has 1 N–H and O–H groups in total. The largest absolute Gasteiger partial charge is 0.381 e. The zero-order valence-electron chi connectivity index (χ0n) is 16.0. The van der Waals surface area contributed by atoms with Gasteiger partial charge in [-0.2, -0.15) is 0 Å². The molecule has 6 nitrogen and oxygen atoms in total. The Balaban J connectivity index is 1.67. The smallest absolute Gasteiger partial charge is 0.317 e. The third kappa shape index (κ3) is 3.85. The van der Waals surface area contributed by atoms with Gasteiger partial charge in [0, 0.05) is 52.4 Å². The minimum Gasteiger partial charge on any atom is -0.381 e. The van der Waals surface area contributed by atoms with E-state index in [2.05, 4.69) is 5.32 Å². The van der Waals surface area contributed by atoms with Crippen LogP contribution in [0.15, 0.2) is 24.3 Å². The average Bonchev–Trinajstić information content (AvgIpc) is 2.99. The number of hydrogen-bond acceptors (Lipinski definition) is 3. The third-order valence-corrected chi connectivity index (χ3v) is 5.73. The number of ether oxygens (including phenoxy) is 1. The summed E-state index contributed by atoms with van der Waals surface area (Å²) >= 11 is 0. The molecule has 0 radical (unpaired) electrons. The maximum absolute atomic E-state index is 12.7. The first-order valence-electron chi connectivity index (χ1n) is 9.28. The fourth-order valence-electron chi connectivity index (χ4n) is 4.06. The van der Waals surface area contributed by atoms with Gasteiger partial charge in [0.1, 0.15) is 0 Å². The second-order valence-corrected chi connectivity index (χ2v) is 7.78. The highest BCUT2D eigenvalue weighted by atomic mass is 16.5. The first-order valence-corrected chi connectivity index (χ1v) is 9.28. The quantitative estimate of drug-likeness (QED) is 0.898. The Bertz CT molecular complexity index is 651. The predicted octanol–water partition coefficient (Wildman–Crippen LogP) is 2.02. The Morgan fingerprint density at radius 2 is 1.88 bits per heavy atom. The van der Waals surface area contributed by atoms with Crippen LogP contribution in [0.1, 0.15) is 24.0 Å². The highest BCUT2D eigenvalue weighted by molar-refractivity contribution is 5.82. The molecule has 1 aromatic carbocycles. The van der Waals surface area contributed by atoms with Gasteiger partial charge in [-0.25, -0.2) is 4.79 Å². The molecule has 1 atom stereocenters. The first-order chi connectivity index (χ1) is 12.4. The van der Waals surface area contributed by atoms with E-state index in [0.717, 1.165) is 18.4 Å². The number of nitrogens with one attached hydrogen (secondary N) is 1. The van der Waals surface area contributed by atoms with Gasteiger partial charge in [-0.3, -0.25) is 4.79 Å². The Morgan fingerprint density at radius 1 is 1.23 bits per heavy atom. The number of hydrogen-bond donors (Lipinski definition) is 1. The molecule has 26 heavy (non-hydrogen) atoms. The van der Waals surface area contributed by atoms with E-state index in [9.17, 15) is 9.59 Å². The van der Waals surface area contributed by atoms with Crippen molar-refractivity contribution in [1.29, 1.82) is 0 Å². The topological polar surface area (TPSA) is 61.9 Å². The van der Waals surface area contributed by atoms with Crippen LogP contribution >= 0.6 is 0 Å². The molecule has 3 amide bonds. The van der Waals surface area contributed by atoms with Crippen LogP contribution in [0.5, 0.6) is 0 Å². The number of amides is 3. The van der Waals surface area contributed by atoms with Crippen molar-refractivity contribution in [3.8, 4) is 0 Å². The number of carbonyl (C=O) groups excluding carboxylic acids is 2. The molecular formula is C20H29N3O3. The van der Waals surface area contributed by atoms with Crippen LogP contribution in [0.3, 0.4) is 0 Å². The predicted molar refractivity (Wildman–Crippen MR) is 99.7 cm³/mol. The van der Waals surface area contributed by atoms with Crippen molar-refractivity contribution in [2.75, 3.05) is 40.4 Å². The number of nitrogens with zero attached hydrogens (tertiary/aromatic N) is 2. The number of rotatable bonds is 3. The minimum atomic E-state index is -0.152. The second-order valence-electron chi connectivity index (χ2n) is 7.78. The molecule has 142 valence electrons. The summed E-state index contributed by atoms with van der Waals surface area (Å²) in [5.74, 6) is -0.0349. The number of benzene rings is 1. The molecule has 1 aromatic rings. The molecule has 0 aliphatic carbocycles. The summed E-state index contributed by atoms with van der Waals surface area (Å²) < 4.78 is 5.51. The highest BCUT2D eigenvalue weighted by Crippen LogP contribution is 2.44. The highest BCUT2D eigenvalue weighted by Gasteiger charge is 2.52. The molecule has 0 bridgehead atoms. The van der Waals surface area contributed by atoms with Gasteiger partial charge >= 0.3 is 6.03 Å². The Kier molecular flexibility index (Phi) is 5.51.